The molecule has 0 amide bonds. The molecule has 0 atom stereocenters. The van der Waals surface area contributed by atoms with Crippen LogP contribution in [0.2, 0.25) is 0 Å². The Morgan fingerprint density at radius 1 is 0.357 bits per heavy atom. The van der Waals surface area contributed by atoms with Crippen LogP contribution in [0.4, 0.5) is 0 Å². The Morgan fingerprint density at radius 3 is 1.70 bits per heavy atom. The third-order valence-electron chi connectivity index (χ3n) is 10.8. The van der Waals surface area contributed by atoms with E-state index < -0.39 is 0 Å². The van der Waals surface area contributed by atoms with E-state index in [0.717, 1.165) is 83.5 Å². The summed E-state index contributed by atoms with van der Waals surface area (Å²) >= 11 is 0. The smallest absolute Gasteiger partial charge is 0.160 e. The molecule has 8 aromatic carbocycles. The van der Waals surface area contributed by atoms with Crippen molar-refractivity contribution in [1.82, 2.24) is 14.5 Å². The van der Waals surface area contributed by atoms with Gasteiger partial charge in [0.1, 0.15) is 11.2 Å². The Hall–Kier alpha value is -7.56. The number of benzene rings is 8. The van der Waals surface area contributed by atoms with Gasteiger partial charge in [-0.1, -0.05) is 152 Å². The van der Waals surface area contributed by atoms with E-state index in [4.69, 9.17) is 14.4 Å². The molecule has 56 heavy (non-hydrogen) atoms. The van der Waals surface area contributed by atoms with Gasteiger partial charge in [0.2, 0.25) is 0 Å². The first-order chi connectivity index (χ1) is 27.7. The van der Waals surface area contributed by atoms with Gasteiger partial charge in [-0.3, -0.25) is 0 Å². The summed E-state index contributed by atoms with van der Waals surface area (Å²) in [5.74, 6) is 0.699. The molecule has 0 fully saturated rings. The maximum absolute atomic E-state index is 6.37. The lowest BCUT2D eigenvalue weighted by molar-refractivity contribution is 0.670. The van der Waals surface area contributed by atoms with Crippen molar-refractivity contribution in [1.29, 1.82) is 0 Å². The average molecular weight is 716 g/mol. The fourth-order valence-corrected chi connectivity index (χ4v) is 8.12. The van der Waals surface area contributed by atoms with Crippen molar-refractivity contribution in [2.75, 3.05) is 0 Å². The molecule has 11 rings (SSSR count). The van der Waals surface area contributed by atoms with Gasteiger partial charge < -0.3 is 8.98 Å². The molecule has 0 saturated heterocycles. The standard InChI is InChI=1S/C52H33N3O/c1-3-13-35(14-4-1)46-33-47(36-15-5-2-6-16-36)54-52(53-46)39-18-11-17-37(31-39)38-27-30-49-45(32-38)42-19-7-9-23-48(42)55(49)40-28-25-34(26-29-40)41-21-12-22-44-43-20-8-10-24-50(43)56-51(41)44/h1-33H. The summed E-state index contributed by atoms with van der Waals surface area (Å²) in [6.07, 6.45) is 0. The minimum atomic E-state index is 0.699. The number of hydrogen-bond acceptors (Lipinski definition) is 3. The molecule has 11 aromatic rings. The number of nitrogens with zero attached hydrogens (tertiary/aromatic N) is 3. The summed E-state index contributed by atoms with van der Waals surface area (Å²) in [6.45, 7) is 0. The molecule has 4 nitrogen and oxygen atoms in total. The van der Waals surface area contributed by atoms with E-state index in [2.05, 4.69) is 156 Å². The highest BCUT2D eigenvalue weighted by Gasteiger charge is 2.16. The van der Waals surface area contributed by atoms with Crippen LogP contribution >= 0.6 is 0 Å². The van der Waals surface area contributed by atoms with Crippen molar-refractivity contribution < 1.29 is 4.42 Å². The predicted octanol–water partition coefficient (Wildman–Crippen LogP) is 13.8. The van der Waals surface area contributed by atoms with E-state index in [9.17, 15) is 0 Å². The van der Waals surface area contributed by atoms with Crippen molar-refractivity contribution in [2.24, 2.45) is 0 Å². The highest BCUT2D eigenvalue weighted by Crippen LogP contribution is 2.39. The number of rotatable bonds is 6. The summed E-state index contributed by atoms with van der Waals surface area (Å²) in [4.78, 5) is 10.2. The highest BCUT2D eigenvalue weighted by molar-refractivity contribution is 6.11. The monoisotopic (exact) mass is 715 g/mol. The summed E-state index contributed by atoms with van der Waals surface area (Å²) in [5.41, 5.74) is 14.6. The maximum Gasteiger partial charge on any atom is 0.160 e. The summed E-state index contributed by atoms with van der Waals surface area (Å²) in [5, 5.41) is 4.69. The molecule has 3 heterocycles. The molecule has 0 spiro atoms. The molecule has 0 N–H and O–H groups in total. The van der Waals surface area contributed by atoms with E-state index in [-0.39, 0.29) is 0 Å². The number of furan rings is 1. The highest BCUT2D eigenvalue weighted by atomic mass is 16.3. The lowest BCUT2D eigenvalue weighted by Gasteiger charge is -2.11. The Bertz CT molecular complexity index is 3170. The van der Waals surface area contributed by atoms with Gasteiger partial charge in [-0.05, 0) is 65.2 Å². The third-order valence-corrected chi connectivity index (χ3v) is 10.8. The summed E-state index contributed by atoms with van der Waals surface area (Å²) in [7, 11) is 0. The van der Waals surface area contributed by atoms with Gasteiger partial charge in [-0.15, -0.1) is 0 Å². The van der Waals surface area contributed by atoms with Crippen LogP contribution in [0.15, 0.2) is 205 Å². The molecule has 4 heteroatoms. The molecule has 262 valence electrons. The number of aromatic nitrogens is 3. The second kappa shape index (κ2) is 13.1. The molecule has 0 aliphatic carbocycles. The molecular weight excluding hydrogens is 683 g/mol. The zero-order chi connectivity index (χ0) is 37.0. The fraction of sp³-hybridized carbons (Fsp3) is 0. The van der Waals surface area contributed by atoms with E-state index >= 15 is 0 Å². The van der Waals surface area contributed by atoms with E-state index in [0.29, 0.717) is 5.82 Å². The third kappa shape index (κ3) is 5.39. The van der Waals surface area contributed by atoms with Gasteiger partial charge in [0, 0.05) is 49.5 Å². The molecule has 0 unspecified atom stereocenters. The van der Waals surface area contributed by atoms with Crippen LogP contribution in [0.25, 0.3) is 106 Å². The number of fused-ring (bicyclic) bond motifs is 6. The summed E-state index contributed by atoms with van der Waals surface area (Å²) < 4.78 is 8.74. The van der Waals surface area contributed by atoms with Crippen molar-refractivity contribution in [3.63, 3.8) is 0 Å². The normalized spacial score (nSPS) is 11.6. The predicted molar refractivity (Wildman–Crippen MR) is 231 cm³/mol. The first-order valence-corrected chi connectivity index (χ1v) is 18.9. The zero-order valence-electron chi connectivity index (χ0n) is 30.3. The molecule has 0 aliphatic rings. The van der Waals surface area contributed by atoms with Crippen LogP contribution in [0, 0.1) is 0 Å². The molecule has 3 aromatic heterocycles. The van der Waals surface area contributed by atoms with Gasteiger partial charge in [-0.2, -0.15) is 0 Å². The largest absolute Gasteiger partial charge is 0.455 e. The minimum Gasteiger partial charge on any atom is -0.455 e. The van der Waals surface area contributed by atoms with E-state index in [1.165, 1.54) is 16.3 Å². The molecule has 0 saturated carbocycles. The van der Waals surface area contributed by atoms with Crippen LogP contribution in [-0.4, -0.2) is 14.5 Å². The van der Waals surface area contributed by atoms with Gasteiger partial charge in [0.25, 0.3) is 0 Å². The minimum absolute atomic E-state index is 0.699. The topological polar surface area (TPSA) is 43.9 Å². The van der Waals surface area contributed by atoms with Crippen molar-refractivity contribution >= 4 is 43.7 Å². The molecule has 0 radical (unpaired) electrons. The first kappa shape index (κ1) is 31.9. The Kier molecular flexibility index (Phi) is 7.46. The lowest BCUT2D eigenvalue weighted by Crippen LogP contribution is -1.96. The molecule has 0 bridgehead atoms. The Morgan fingerprint density at radius 2 is 0.929 bits per heavy atom. The molecular formula is C52H33N3O. The first-order valence-electron chi connectivity index (χ1n) is 18.9. The number of para-hydroxylation sites is 3. The SMILES string of the molecule is c1ccc(-c2cc(-c3ccccc3)nc(-c3cccc(-c4ccc5c(c4)c4ccccc4n5-c4ccc(-c5cccc6c5oc5ccccc56)cc4)c3)n2)cc1. The molecule has 0 aliphatic heterocycles. The maximum atomic E-state index is 6.37. The Balaban J connectivity index is 0.990. The van der Waals surface area contributed by atoms with E-state index in [1.807, 2.05) is 48.5 Å². The quantitative estimate of drug-likeness (QED) is 0.172. The zero-order valence-corrected chi connectivity index (χ0v) is 30.3. The van der Waals surface area contributed by atoms with Crippen molar-refractivity contribution in [2.45, 2.75) is 0 Å². The van der Waals surface area contributed by atoms with Gasteiger partial charge in [0.05, 0.1) is 22.4 Å². The van der Waals surface area contributed by atoms with Crippen molar-refractivity contribution in [3.8, 4) is 61.8 Å². The summed E-state index contributed by atoms with van der Waals surface area (Å²) in [6, 6.07) is 70.3. The second-order valence-corrected chi connectivity index (χ2v) is 14.2. The van der Waals surface area contributed by atoms with Crippen molar-refractivity contribution in [3.05, 3.63) is 200 Å². The lowest BCUT2D eigenvalue weighted by atomic mass is 10.00. The van der Waals surface area contributed by atoms with Crippen LogP contribution in [0.3, 0.4) is 0 Å². The van der Waals surface area contributed by atoms with Crippen LogP contribution in [-0.2, 0) is 0 Å². The number of hydrogen-bond donors (Lipinski definition) is 0. The van der Waals surface area contributed by atoms with Gasteiger partial charge >= 0.3 is 0 Å². The van der Waals surface area contributed by atoms with Crippen LogP contribution in [0.1, 0.15) is 0 Å². The van der Waals surface area contributed by atoms with E-state index in [1.54, 1.807) is 0 Å². The van der Waals surface area contributed by atoms with Crippen LogP contribution < -0.4 is 0 Å². The average Bonchev–Trinajstić information content (AvgIpc) is 3.83. The van der Waals surface area contributed by atoms with Gasteiger partial charge in [0.15, 0.2) is 5.82 Å². The second-order valence-electron chi connectivity index (χ2n) is 14.2. The Labute approximate surface area is 323 Å². The van der Waals surface area contributed by atoms with Crippen LogP contribution in [0.5, 0.6) is 0 Å². The fourth-order valence-electron chi connectivity index (χ4n) is 8.12. The van der Waals surface area contributed by atoms with Gasteiger partial charge in [-0.25, -0.2) is 9.97 Å².